The van der Waals surface area contributed by atoms with Crippen LogP contribution in [-0.4, -0.2) is 48.3 Å². The maximum Gasteiger partial charge on any atom is 0.262 e. The molecule has 0 saturated carbocycles. The first-order valence-corrected chi connectivity index (χ1v) is 8.42. The number of nitrogens with zero attached hydrogens (tertiary/aromatic N) is 3. The number of benzene rings is 1. The fourth-order valence-electron chi connectivity index (χ4n) is 2.73. The van der Waals surface area contributed by atoms with Crippen molar-refractivity contribution in [3.05, 3.63) is 64.9 Å². The number of morpholine rings is 1. The van der Waals surface area contributed by atoms with Crippen LogP contribution in [0.5, 0.6) is 0 Å². The molecular weight excluding hydrogens is 340 g/mol. The van der Waals surface area contributed by atoms with Gasteiger partial charge in [0, 0.05) is 30.5 Å². The highest BCUT2D eigenvalue weighted by Gasteiger charge is 2.28. The Morgan fingerprint density at radius 3 is 2.76 bits per heavy atom. The largest absolute Gasteiger partial charge is 0.379 e. The van der Waals surface area contributed by atoms with Gasteiger partial charge in [0.25, 0.3) is 5.91 Å². The SMILES string of the molecule is O=C(N/N=C\c1cccc(Cl)c1)[C@@H](c1ccncc1)N1CCOCC1. The Kier molecular flexibility index (Phi) is 6.11. The van der Waals surface area contributed by atoms with E-state index in [0.717, 1.165) is 11.1 Å². The lowest BCUT2D eigenvalue weighted by Crippen LogP contribution is -2.44. The van der Waals surface area contributed by atoms with E-state index in [0.29, 0.717) is 31.3 Å². The van der Waals surface area contributed by atoms with Crippen molar-refractivity contribution in [2.75, 3.05) is 26.3 Å². The standard InChI is InChI=1S/C18H19ClN4O2/c19-16-3-1-2-14(12-16)13-21-22-18(24)17(15-4-6-20-7-5-15)23-8-10-25-11-9-23/h1-7,12-13,17H,8-11H2,(H,22,24)/b21-13-/t17-/m1/s1. The van der Waals surface area contributed by atoms with Gasteiger partial charge in [0.2, 0.25) is 0 Å². The molecule has 0 unspecified atom stereocenters. The highest BCUT2D eigenvalue weighted by molar-refractivity contribution is 6.30. The summed E-state index contributed by atoms with van der Waals surface area (Å²) in [6, 6.07) is 10.5. The number of nitrogens with one attached hydrogen (secondary N) is 1. The quantitative estimate of drug-likeness (QED) is 0.657. The van der Waals surface area contributed by atoms with Crippen molar-refractivity contribution in [2.45, 2.75) is 6.04 Å². The van der Waals surface area contributed by atoms with Crippen molar-refractivity contribution in [3.8, 4) is 0 Å². The number of carbonyl (C=O) groups is 1. The predicted molar refractivity (Wildman–Crippen MR) is 96.6 cm³/mol. The number of hydrogen-bond donors (Lipinski definition) is 1. The summed E-state index contributed by atoms with van der Waals surface area (Å²) in [4.78, 5) is 18.9. The van der Waals surface area contributed by atoms with Gasteiger partial charge < -0.3 is 4.74 Å². The lowest BCUT2D eigenvalue weighted by Gasteiger charge is -2.33. The van der Waals surface area contributed by atoms with Crippen LogP contribution in [0.2, 0.25) is 5.02 Å². The third-order valence-corrected chi connectivity index (χ3v) is 4.15. The third-order valence-electron chi connectivity index (χ3n) is 3.92. The minimum atomic E-state index is -0.427. The molecule has 0 radical (unpaired) electrons. The summed E-state index contributed by atoms with van der Waals surface area (Å²) in [5, 5.41) is 4.69. The van der Waals surface area contributed by atoms with Crippen molar-refractivity contribution in [1.29, 1.82) is 0 Å². The first-order valence-electron chi connectivity index (χ1n) is 8.04. The number of pyridine rings is 1. The van der Waals surface area contributed by atoms with Crippen molar-refractivity contribution in [1.82, 2.24) is 15.3 Å². The van der Waals surface area contributed by atoms with Gasteiger partial charge >= 0.3 is 0 Å². The molecule has 0 bridgehead atoms. The van der Waals surface area contributed by atoms with E-state index in [1.54, 1.807) is 30.7 Å². The molecule has 1 N–H and O–H groups in total. The van der Waals surface area contributed by atoms with Crippen molar-refractivity contribution in [2.24, 2.45) is 5.10 Å². The fourth-order valence-corrected chi connectivity index (χ4v) is 2.93. The smallest absolute Gasteiger partial charge is 0.262 e. The maximum absolute atomic E-state index is 12.7. The molecule has 1 amide bonds. The van der Waals surface area contributed by atoms with Crippen LogP contribution in [-0.2, 0) is 9.53 Å². The number of amides is 1. The molecule has 1 atom stereocenters. The van der Waals surface area contributed by atoms with E-state index in [1.807, 2.05) is 24.3 Å². The van der Waals surface area contributed by atoms with Crippen LogP contribution < -0.4 is 5.43 Å². The van der Waals surface area contributed by atoms with Crippen molar-refractivity contribution < 1.29 is 9.53 Å². The molecule has 3 rings (SSSR count). The lowest BCUT2D eigenvalue weighted by atomic mass is 10.1. The van der Waals surface area contributed by atoms with Crippen LogP contribution in [0.25, 0.3) is 0 Å². The third kappa shape index (κ3) is 4.85. The molecule has 1 fully saturated rings. The van der Waals surface area contributed by atoms with Gasteiger partial charge in [-0.05, 0) is 35.4 Å². The summed E-state index contributed by atoms with van der Waals surface area (Å²) in [5.74, 6) is -0.189. The van der Waals surface area contributed by atoms with Gasteiger partial charge in [-0.2, -0.15) is 5.10 Å². The molecule has 1 aliphatic rings. The van der Waals surface area contributed by atoms with E-state index in [4.69, 9.17) is 16.3 Å². The zero-order valence-corrected chi connectivity index (χ0v) is 14.4. The second-order valence-corrected chi connectivity index (χ2v) is 6.06. The molecule has 25 heavy (non-hydrogen) atoms. The monoisotopic (exact) mass is 358 g/mol. The summed E-state index contributed by atoms with van der Waals surface area (Å²) in [6.45, 7) is 2.61. The number of halogens is 1. The zero-order chi connectivity index (χ0) is 17.5. The molecule has 1 aromatic carbocycles. The molecule has 0 spiro atoms. The number of aromatic nitrogens is 1. The molecule has 2 heterocycles. The van der Waals surface area contributed by atoms with E-state index in [-0.39, 0.29) is 5.91 Å². The zero-order valence-electron chi connectivity index (χ0n) is 13.6. The number of carbonyl (C=O) groups excluding carboxylic acids is 1. The van der Waals surface area contributed by atoms with E-state index in [2.05, 4.69) is 20.4 Å². The number of hydrazone groups is 1. The average Bonchev–Trinajstić information content (AvgIpc) is 2.64. The molecule has 2 aromatic rings. The Hall–Kier alpha value is -2.28. The topological polar surface area (TPSA) is 66.8 Å². The normalized spacial score (nSPS) is 16.7. The summed E-state index contributed by atoms with van der Waals surface area (Å²) < 4.78 is 5.39. The fraction of sp³-hybridized carbons (Fsp3) is 0.278. The second-order valence-electron chi connectivity index (χ2n) is 5.62. The Bertz CT molecular complexity index is 733. The summed E-state index contributed by atoms with van der Waals surface area (Å²) in [6.07, 6.45) is 4.95. The average molecular weight is 359 g/mol. The summed E-state index contributed by atoms with van der Waals surface area (Å²) in [5.41, 5.74) is 4.33. The minimum Gasteiger partial charge on any atom is -0.379 e. The molecule has 1 saturated heterocycles. The number of ether oxygens (including phenoxy) is 1. The Labute approximate surface area is 151 Å². The maximum atomic E-state index is 12.7. The number of rotatable bonds is 5. The first kappa shape index (κ1) is 17.5. The van der Waals surface area contributed by atoms with E-state index in [1.165, 1.54) is 0 Å². The van der Waals surface area contributed by atoms with Crippen LogP contribution in [0.15, 0.2) is 53.9 Å². The van der Waals surface area contributed by atoms with Gasteiger partial charge in [0.05, 0.1) is 19.4 Å². The number of hydrogen-bond acceptors (Lipinski definition) is 5. The molecule has 6 nitrogen and oxygen atoms in total. The van der Waals surface area contributed by atoms with E-state index >= 15 is 0 Å². The summed E-state index contributed by atoms with van der Waals surface area (Å²) >= 11 is 5.94. The molecule has 7 heteroatoms. The minimum absolute atomic E-state index is 0.189. The Balaban J connectivity index is 1.72. The molecular formula is C18H19ClN4O2. The van der Waals surface area contributed by atoms with Gasteiger partial charge in [0.1, 0.15) is 6.04 Å². The van der Waals surface area contributed by atoms with Crippen LogP contribution in [0, 0.1) is 0 Å². The Morgan fingerprint density at radius 1 is 1.28 bits per heavy atom. The second kappa shape index (κ2) is 8.71. The highest BCUT2D eigenvalue weighted by Crippen LogP contribution is 2.21. The predicted octanol–water partition coefficient (Wildman–Crippen LogP) is 2.26. The van der Waals surface area contributed by atoms with Gasteiger partial charge in [-0.3, -0.25) is 14.7 Å². The summed E-state index contributed by atoms with van der Waals surface area (Å²) in [7, 11) is 0. The molecule has 0 aliphatic carbocycles. The highest BCUT2D eigenvalue weighted by atomic mass is 35.5. The van der Waals surface area contributed by atoms with E-state index < -0.39 is 6.04 Å². The van der Waals surface area contributed by atoms with Crippen LogP contribution >= 0.6 is 11.6 Å². The molecule has 1 aromatic heterocycles. The molecule has 1 aliphatic heterocycles. The van der Waals surface area contributed by atoms with Gasteiger partial charge in [-0.15, -0.1) is 0 Å². The van der Waals surface area contributed by atoms with Crippen LogP contribution in [0.4, 0.5) is 0 Å². The first-order chi connectivity index (χ1) is 12.2. The van der Waals surface area contributed by atoms with Gasteiger partial charge in [0.15, 0.2) is 0 Å². The Morgan fingerprint density at radius 2 is 2.04 bits per heavy atom. The van der Waals surface area contributed by atoms with Crippen molar-refractivity contribution in [3.63, 3.8) is 0 Å². The van der Waals surface area contributed by atoms with Crippen LogP contribution in [0.3, 0.4) is 0 Å². The lowest BCUT2D eigenvalue weighted by molar-refractivity contribution is -0.128. The molecule has 130 valence electrons. The van der Waals surface area contributed by atoms with Gasteiger partial charge in [-0.25, -0.2) is 5.43 Å². The van der Waals surface area contributed by atoms with Crippen LogP contribution in [0.1, 0.15) is 17.2 Å². The van der Waals surface area contributed by atoms with Gasteiger partial charge in [-0.1, -0.05) is 23.7 Å². The van der Waals surface area contributed by atoms with E-state index in [9.17, 15) is 4.79 Å². The van der Waals surface area contributed by atoms with Crippen molar-refractivity contribution >= 4 is 23.7 Å².